The van der Waals surface area contributed by atoms with Gasteiger partial charge in [-0.3, -0.25) is 4.79 Å². The first-order chi connectivity index (χ1) is 7.13. The zero-order valence-electron chi connectivity index (χ0n) is 8.74. The normalized spacial score (nSPS) is 9.47. The summed E-state index contributed by atoms with van der Waals surface area (Å²) >= 11 is 4.89. The Morgan fingerprint density at radius 1 is 1.47 bits per heavy atom. The summed E-state index contributed by atoms with van der Waals surface area (Å²) in [5.74, 6) is 0.118. The number of hydrogen-bond acceptors (Lipinski definition) is 3. The van der Waals surface area contributed by atoms with E-state index in [4.69, 9.17) is 17.0 Å². The molecule has 0 heterocycles. The van der Waals surface area contributed by atoms with Crippen molar-refractivity contribution in [1.29, 1.82) is 0 Å². The molecule has 0 aliphatic rings. The van der Waals surface area contributed by atoms with Gasteiger partial charge in [-0.05, 0) is 30.8 Å². The average molecular weight is 223 g/mol. The standard InChI is InChI=1S/C11H13NO2S/c1-8(13)7-9-5-3-4-6-10(9)12-11(15)14-2/h3-6H,7H2,1-2H3,(H,12,15). The molecule has 3 nitrogen and oxygen atoms in total. The van der Waals surface area contributed by atoms with Gasteiger partial charge in [0, 0.05) is 12.1 Å². The Kier molecular flexibility index (Phi) is 4.24. The number of nitrogens with one attached hydrogen (secondary N) is 1. The molecule has 0 saturated carbocycles. The fourth-order valence-corrected chi connectivity index (χ4v) is 1.34. The summed E-state index contributed by atoms with van der Waals surface area (Å²) in [6.45, 7) is 1.56. The molecule has 0 atom stereocenters. The van der Waals surface area contributed by atoms with Crippen LogP contribution in [-0.2, 0) is 16.0 Å². The number of thiocarbonyl (C=S) groups is 1. The molecule has 0 radical (unpaired) electrons. The van der Waals surface area contributed by atoms with Gasteiger partial charge in [-0.1, -0.05) is 18.2 Å². The third kappa shape index (κ3) is 3.67. The van der Waals surface area contributed by atoms with Crippen LogP contribution in [0.25, 0.3) is 0 Å². The van der Waals surface area contributed by atoms with Crippen LogP contribution in [0, 0.1) is 0 Å². The fourth-order valence-electron chi connectivity index (χ4n) is 1.23. The summed E-state index contributed by atoms with van der Waals surface area (Å²) in [6, 6.07) is 7.52. The number of ether oxygens (including phenoxy) is 1. The zero-order valence-corrected chi connectivity index (χ0v) is 9.56. The molecule has 1 N–H and O–H groups in total. The molecule has 1 rings (SSSR count). The zero-order chi connectivity index (χ0) is 11.3. The minimum atomic E-state index is 0.118. The predicted octanol–water partition coefficient (Wildman–Crippen LogP) is 2.16. The number of para-hydroxylation sites is 1. The second kappa shape index (κ2) is 5.46. The van der Waals surface area contributed by atoms with E-state index in [1.807, 2.05) is 24.3 Å². The smallest absolute Gasteiger partial charge is 0.260 e. The highest BCUT2D eigenvalue weighted by molar-refractivity contribution is 7.80. The highest BCUT2D eigenvalue weighted by Crippen LogP contribution is 2.16. The topological polar surface area (TPSA) is 38.3 Å². The van der Waals surface area contributed by atoms with Crippen LogP contribution in [0.3, 0.4) is 0 Å². The van der Waals surface area contributed by atoms with Gasteiger partial charge in [-0.15, -0.1) is 0 Å². The molecular weight excluding hydrogens is 210 g/mol. The number of benzene rings is 1. The monoisotopic (exact) mass is 223 g/mol. The first kappa shape index (κ1) is 11.7. The molecule has 0 aliphatic heterocycles. The summed E-state index contributed by atoms with van der Waals surface area (Å²) in [6.07, 6.45) is 0.398. The van der Waals surface area contributed by atoms with Gasteiger partial charge < -0.3 is 10.1 Å². The van der Waals surface area contributed by atoms with Gasteiger partial charge in [-0.25, -0.2) is 0 Å². The van der Waals surface area contributed by atoms with E-state index < -0.39 is 0 Å². The molecule has 0 unspecified atom stereocenters. The van der Waals surface area contributed by atoms with Gasteiger partial charge in [0.2, 0.25) is 0 Å². The van der Waals surface area contributed by atoms with Crippen molar-refractivity contribution in [3.8, 4) is 0 Å². The van der Waals surface area contributed by atoms with E-state index in [1.165, 1.54) is 7.11 Å². The molecule has 4 heteroatoms. The number of Topliss-reactive ketones (excluding diaryl/α,β-unsaturated/α-hetero) is 1. The van der Waals surface area contributed by atoms with Crippen LogP contribution in [-0.4, -0.2) is 18.1 Å². The molecule has 1 aromatic carbocycles. The third-order valence-electron chi connectivity index (χ3n) is 1.88. The maximum atomic E-state index is 11.0. The van der Waals surface area contributed by atoms with Crippen molar-refractivity contribution >= 4 is 28.9 Å². The summed E-state index contributed by atoms with van der Waals surface area (Å²) in [5, 5.41) is 3.22. The second-order valence-corrected chi connectivity index (χ2v) is 3.52. The lowest BCUT2D eigenvalue weighted by Crippen LogP contribution is -2.13. The molecule has 15 heavy (non-hydrogen) atoms. The highest BCUT2D eigenvalue weighted by Gasteiger charge is 2.05. The number of hydrogen-bond donors (Lipinski definition) is 1. The van der Waals surface area contributed by atoms with Crippen molar-refractivity contribution < 1.29 is 9.53 Å². The molecule has 0 saturated heterocycles. The number of carbonyl (C=O) groups is 1. The van der Waals surface area contributed by atoms with E-state index >= 15 is 0 Å². The van der Waals surface area contributed by atoms with Gasteiger partial charge in [0.15, 0.2) is 0 Å². The number of rotatable bonds is 3. The molecule has 80 valence electrons. The van der Waals surface area contributed by atoms with Crippen LogP contribution in [0.15, 0.2) is 24.3 Å². The highest BCUT2D eigenvalue weighted by atomic mass is 32.1. The maximum absolute atomic E-state index is 11.0. The first-order valence-corrected chi connectivity index (χ1v) is 4.96. The Balaban J connectivity index is 2.85. The van der Waals surface area contributed by atoms with E-state index in [2.05, 4.69) is 5.32 Å². The molecule has 0 bridgehead atoms. The van der Waals surface area contributed by atoms with Crippen molar-refractivity contribution in [3.63, 3.8) is 0 Å². The Hall–Kier alpha value is -1.42. The summed E-state index contributed by atoms with van der Waals surface area (Å²) < 4.78 is 4.85. The van der Waals surface area contributed by atoms with E-state index in [1.54, 1.807) is 6.92 Å². The van der Waals surface area contributed by atoms with Crippen molar-refractivity contribution in [2.75, 3.05) is 12.4 Å². The number of anilines is 1. The molecule has 0 amide bonds. The lowest BCUT2D eigenvalue weighted by atomic mass is 10.1. The van der Waals surface area contributed by atoms with Crippen LogP contribution in [0.5, 0.6) is 0 Å². The van der Waals surface area contributed by atoms with Crippen molar-refractivity contribution in [1.82, 2.24) is 0 Å². The molecule has 0 aliphatic carbocycles. The average Bonchev–Trinajstić information content (AvgIpc) is 2.20. The van der Waals surface area contributed by atoms with Crippen LogP contribution < -0.4 is 5.32 Å². The van der Waals surface area contributed by atoms with E-state index in [-0.39, 0.29) is 5.78 Å². The largest absolute Gasteiger partial charge is 0.474 e. The molecule has 0 fully saturated rings. The fraction of sp³-hybridized carbons (Fsp3) is 0.273. The van der Waals surface area contributed by atoms with Crippen LogP contribution in [0.2, 0.25) is 0 Å². The Bertz CT molecular complexity index is 377. The molecular formula is C11H13NO2S. The van der Waals surface area contributed by atoms with Gasteiger partial charge >= 0.3 is 0 Å². The number of ketones is 1. The lowest BCUT2D eigenvalue weighted by molar-refractivity contribution is -0.116. The SMILES string of the molecule is COC(=S)Nc1ccccc1CC(C)=O. The van der Waals surface area contributed by atoms with E-state index in [0.29, 0.717) is 11.6 Å². The van der Waals surface area contributed by atoms with Gasteiger partial charge in [0.05, 0.1) is 7.11 Å². The van der Waals surface area contributed by atoms with Crippen molar-refractivity contribution in [2.45, 2.75) is 13.3 Å². The van der Waals surface area contributed by atoms with Crippen LogP contribution in [0.1, 0.15) is 12.5 Å². The summed E-state index contributed by atoms with van der Waals surface area (Å²) in [7, 11) is 1.50. The third-order valence-corrected chi connectivity index (χ3v) is 2.15. The van der Waals surface area contributed by atoms with E-state index in [0.717, 1.165) is 11.3 Å². The minimum Gasteiger partial charge on any atom is -0.474 e. The quantitative estimate of drug-likeness (QED) is 0.797. The molecule has 0 spiro atoms. The summed E-state index contributed by atoms with van der Waals surface area (Å²) in [5.41, 5.74) is 1.74. The summed E-state index contributed by atoms with van der Waals surface area (Å²) in [4.78, 5) is 11.0. The lowest BCUT2D eigenvalue weighted by Gasteiger charge is -2.10. The van der Waals surface area contributed by atoms with Crippen LogP contribution >= 0.6 is 12.2 Å². The van der Waals surface area contributed by atoms with Gasteiger partial charge in [-0.2, -0.15) is 0 Å². The number of carbonyl (C=O) groups excluding carboxylic acids is 1. The van der Waals surface area contributed by atoms with Crippen LogP contribution in [0.4, 0.5) is 5.69 Å². The first-order valence-electron chi connectivity index (χ1n) is 4.56. The van der Waals surface area contributed by atoms with E-state index in [9.17, 15) is 4.79 Å². The Labute approximate surface area is 94.4 Å². The Morgan fingerprint density at radius 2 is 2.13 bits per heavy atom. The maximum Gasteiger partial charge on any atom is 0.260 e. The molecule has 1 aromatic rings. The number of methoxy groups -OCH3 is 1. The predicted molar refractivity (Wildman–Crippen MR) is 64.1 cm³/mol. The van der Waals surface area contributed by atoms with Gasteiger partial charge in [0.1, 0.15) is 5.78 Å². The molecule has 0 aromatic heterocycles. The van der Waals surface area contributed by atoms with Gasteiger partial charge in [0.25, 0.3) is 5.17 Å². The van der Waals surface area contributed by atoms with Crippen molar-refractivity contribution in [2.24, 2.45) is 0 Å². The minimum absolute atomic E-state index is 0.118. The Morgan fingerprint density at radius 3 is 2.73 bits per heavy atom. The van der Waals surface area contributed by atoms with Crippen molar-refractivity contribution in [3.05, 3.63) is 29.8 Å². The second-order valence-electron chi connectivity index (χ2n) is 3.15.